The van der Waals surface area contributed by atoms with E-state index in [2.05, 4.69) is 58.8 Å². The highest BCUT2D eigenvalue weighted by atomic mass is 127. The number of aliphatic carboxylic acids is 1. The number of carboxylic acids is 1. The molecule has 122 valence electrons. The highest BCUT2D eigenvalue weighted by Gasteiger charge is 2.09. The average molecular weight is 416 g/mol. The van der Waals surface area contributed by atoms with Crippen molar-refractivity contribution in [3.63, 3.8) is 0 Å². The molecule has 0 aliphatic carbocycles. The van der Waals surface area contributed by atoms with E-state index in [9.17, 15) is 4.79 Å². The molecule has 4 N–H and O–H groups in total. The van der Waals surface area contributed by atoms with Gasteiger partial charge in [0.15, 0.2) is 0 Å². The topological polar surface area (TPSA) is 75.3 Å². The smallest absolute Gasteiger partial charge is 0.320 e. The van der Waals surface area contributed by atoms with Crippen LogP contribution in [0.1, 0.15) is 37.7 Å². The Balaban J connectivity index is 2.04. The normalized spacial score (nSPS) is 11.9. The van der Waals surface area contributed by atoms with Crippen molar-refractivity contribution in [2.45, 2.75) is 44.6 Å². The van der Waals surface area contributed by atoms with Gasteiger partial charge < -0.3 is 16.2 Å². The zero-order chi connectivity index (χ0) is 16.4. The van der Waals surface area contributed by atoms with E-state index in [0.717, 1.165) is 44.3 Å². The van der Waals surface area contributed by atoms with Gasteiger partial charge in [-0.25, -0.2) is 0 Å². The van der Waals surface area contributed by atoms with Crippen molar-refractivity contribution < 1.29 is 9.90 Å². The lowest BCUT2D eigenvalue weighted by Gasteiger charge is -2.10. The van der Waals surface area contributed by atoms with E-state index in [4.69, 9.17) is 10.8 Å². The number of carboxylic acid groups (broad SMARTS) is 1. The largest absolute Gasteiger partial charge is 0.480 e. The number of hydrogen-bond acceptors (Lipinski definition) is 3. The quantitative estimate of drug-likeness (QED) is 0.382. The molecule has 5 heteroatoms. The maximum Gasteiger partial charge on any atom is 0.320 e. The predicted molar refractivity (Wildman–Crippen MR) is 98.7 cm³/mol. The number of nitrogens with one attached hydrogen (secondary N) is 1. The third-order valence-corrected chi connectivity index (χ3v) is 4.21. The van der Waals surface area contributed by atoms with Gasteiger partial charge in [-0.15, -0.1) is 0 Å². The van der Waals surface area contributed by atoms with Crippen LogP contribution in [0.25, 0.3) is 0 Å². The molecule has 0 fully saturated rings. The van der Waals surface area contributed by atoms with E-state index in [1.54, 1.807) is 0 Å². The summed E-state index contributed by atoms with van der Waals surface area (Å²) in [5.74, 6) is -0.923. The Labute approximate surface area is 146 Å². The maximum atomic E-state index is 10.6. The van der Waals surface area contributed by atoms with Gasteiger partial charge in [-0.05, 0) is 78.8 Å². The van der Waals surface area contributed by atoms with Crippen LogP contribution in [-0.2, 0) is 11.2 Å². The second-order valence-electron chi connectivity index (χ2n) is 5.45. The molecule has 1 atom stereocenters. The fourth-order valence-electron chi connectivity index (χ4n) is 2.12. The number of rotatable bonds is 11. The summed E-state index contributed by atoms with van der Waals surface area (Å²) in [6.45, 7) is 4.86. The van der Waals surface area contributed by atoms with Crippen molar-refractivity contribution >= 4 is 28.6 Å². The van der Waals surface area contributed by atoms with E-state index < -0.39 is 12.0 Å². The Morgan fingerprint density at radius 2 is 1.95 bits per heavy atom. The summed E-state index contributed by atoms with van der Waals surface area (Å²) in [6, 6.07) is 7.86. The molecule has 0 unspecified atom stereocenters. The number of nitrogens with two attached hydrogens (primary N) is 1. The van der Waals surface area contributed by atoms with Gasteiger partial charge in [-0.3, -0.25) is 4.79 Å². The zero-order valence-corrected chi connectivity index (χ0v) is 15.0. The highest BCUT2D eigenvalue weighted by molar-refractivity contribution is 14.1. The molecule has 0 radical (unpaired) electrons. The summed E-state index contributed by atoms with van der Waals surface area (Å²) in [6.07, 6.45) is 5.35. The molecule has 0 heterocycles. The molecular weight excluding hydrogens is 391 g/mol. The summed E-state index contributed by atoms with van der Waals surface area (Å²) < 4.78 is 1.26. The fraction of sp³-hybridized carbons (Fsp3) is 0.471. The van der Waals surface area contributed by atoms with Crippen molar-refractivity contribution in [1.82, 2.24) is 5.32 Å². The van der Waals surface area contributed by atoms with Crippen LogP contribution < -0.4 is 11.1 Å². The van der Waals surface area contributed by atoms with E-state index in [-0.39, 0.29) is 0 Å². The van der Waals surface area contributed by atoms with Gasteiger partial charge in [0.25, 0.3) is 0 Å². The molecule has 1 rings (SSSR count). The second kappa shape index (κ2) is 10.6. The molecule has 1 aromatic carbocycles. The molecule has 22 heavy (non-hydrogen) atoms. The number of hydrogen-bond donors (Lipinski definition) is 3. The van der Waals surface area contributed by atoms with E-state index >= 15 is 0 Å². The lowest BCUT2D eigenvalue weighted by atomic mass is 10.1. The summed E-state index contributed by atoms with van der Waals surface area (Å²) in [7, 11) is 0. The number of allylic oxidation sites excluding steroid dienone is 1. The first kappa shape index (κ1) is 19.0. The van der Waals surface area contributed by atoms with Crippen molar-refractivity contribution in [2.24, 2.45) is 5.73 Å². The summed E-state index contributed by atoms with van der Waals surface area (Å²) in [5.41, 5.74) is 7.86. The molecule has 0 saturated heterocycles. The Bertz CT molecular complexity index is 474. The molecule has 0 spiro atoms. The molecule has 0 saturated carbocycles. The summed E-state index contributed by atoms with van der Waals surface area (Å²) in [4.78, 5) is 10.6. The Morgan fingerprint density at radius 3 is 2.59 bits per heavy atom. The summed E-state index contributed by atoms with van der Waals surface area (Å²) in [5, 5.41) is 12.0. The van der Waals surface area contributed by atoms with Crippen LogP contribution >= 0.6 is 22.6 Å². The monoisotopic (exact) mass is 416 g/mol. The van der Waals surface area contributed by atoms with Gasteiger partial charge in [0.1, 0.15) is 6.04 Å². The van der Waals surface area contributed by atoms with Crippen molar-refractivity contribution in [2.75, 3.05) is 6.54 Å². The molecule has 0 aromatic heterocycles. The number of halogens is 1. The van der Waals surface area contributed by atoms with Crippen LogP contribution in [0.3, 0.4) is 0 Å². The maximum absolute atomic E-state index is 10.6. The van der Waals surface area contributed by atoms with E-state index in [1.807, 2.05) is 0 Å². The number of carbonyl (C=O) groups is 1. The Hall–Kier alpha value is -1.08. The number of benzene rings is 1. The minimum absolute atomic E-state index is 0.524. The standard InChI is InChI=1S/C17H25IN2O2/c1-13(20-12-3-2-7-16(19)17(21)22)5-4-6-14-8-10-15(18)11-9-14/h8-11,16,20H,1-7,12,19H2,(H,21,22)/t16-/m0/s1. The molecule has 0 aliphatic heterocycles. The van der Waals surface area contributed by atoms with Gasteiger partial charge in [-0.1, -0.05) is 18.7 Å². The first-order valence-electron chi connectivity index (χ1n) is 7.63. The third-order valence-electron chi connectivity index (χ3n) is 3.49. The lowest BCUT2D eigenvalue weighted by Crippen LogP contribution is -2.30. The molecule has 0 amide bonds. The van der Waals surface area contributed by atoms with Gasteiger partial charge >= 0.3 is 5.97 Å². The molecule has 0 bridgehead atoms. The van der Waals surface area contributed by atoms with Crippen LogP contribution in [0.4, 0.5) is 0 Å². The first-order valence-corrected chi connectivity index (χ1v) is 8.71. The molecule has 0 aliphatic rings. The Kier molecular flexibility index (Phi) is 9.15. The second-order valence-corrected chi connectivity index (χ2v) is 6.70. The van der Waals surface area contributed by atoms with Crippen molar-refractivity contribution in [3.8, 4) is 0 Å². The van der Waals surface area contributed by atoms with Gasteiger partial charge in [0.05, 0.1) is 0 Å². The van der Waals surface area contributed by atoms with Crippen LogP contribution in [0, 0.1) is 3.57 Å². The van der Waals surface area contributed by atoms with Crippen LogP contribution in [0.2, 0.25) is 0 Å². The van der Waals surface area contributed by atoms with E-state index in [1.165, 1.54) is 9.13 Å². The van der Waals surface area contributed by atoms with Crippen molar-refractivity contribution in [3.05, 3.63) is 45.7 Å². The average Bonchev–Trinajstić information content (AvgIpc) is 2.48. The highest BCUT2D eigenvalue weighted by Crippen LogP contribution is 2.11. The predicted octanol–water partition coefficient (Wildman–Crippen LogP) is 3.30. The number of unbranched alkanes of at least 4 members (excludes halogenated alkanes) is 1. The minimum Gasteiger partial charge on any atom is -0.480 e. The lowest BCUT2D eigenvalue weighted by molar-refractivity contribution is -0.138. The first-order chi connectivity index (χ1) is 10.5. The van der Waals surface area contributed by atoms with Crippen LogP contribution in [-0.4, -0.2) is 23.7 Å². The minimum atomic E-state index is -0.923. The van der Waals surface area contributed by atoms with Gasteiger partial charge in [0.2, 0.25) is 0 Å². The van der Waals surface area contributed by atoms with Crippen LogP contribution in [0.15, 0.2) is 36.5 Å². The van der Waals surface area contributed by atoms with Crippen LogP contribution in [0.5, 0.6) is 0 Å². The molecular formula is C17H25IN2O2. The van der Waals surface area contributed by atoms with Gasteiger partial charge in [0, 0.05) is 15.8 Å². The fourth-order valence-corrected chi connectivity index (χ4v) is 2.48. The zero-order valence-electron chi connectivity index (χ0n) is 12.9. The molecule has 4 nitrogen and oxygen atoms in total. The SMILES string of the molecule is C=C(CCCc1ccc(I)cc1)NCCCC[C@H](N)C(=O)O. The number of aryl methyl sites for hydroxylation is 1. The molecule has 1 aromatic rings. The summed E-state index contributed by atoms with van der Waals surface area (Å²) >= 11 is 2.31. The van der Waals surface area contributed by atoms with Crippen molar-refractivity contribution in [1.29, 1.82) is 0 Å². The third kappa shape index (κ3) is 8.38. The van der Waals surface area contributed by atoms with E-state index in [0.29, 0.717) is 6.42 Å². The Morgan fingerprint density at radius 1 is 1.27 bits per heavy atom. The van der Waals surface area contributed by atoms with Gasteiger partial charge in [-0.2, -0.15) is 0 Å².